The summed E-state index contributed by atoms with van der Waals surface area (Å²) in [7, 11) is 2.93. The van der Waals surface area contributed by atoms with Crippen LogP contribution in [0.25, 0.3) is 11.3 Å². The van der Waals surface area contributed by atoms with E-state index in [1.807, 2.05) is 29.8 Å². The molecule has 4 heterocycles. The van der Waals surface area contributed by atoms with Crippen molar-refractivity contribution in [1.82, 2.24) is 35.1 Å². The molecule has 0 radical (unpaired) electrons. The molecule has 5 aliphatic rings. The van der Waals surface area contributed by atoms with E-state index in [1.165, 1.54) is 68.0 Å². The lowest BCUT2D eigenvalue weighted by Gasteiger charge is -2.53. The summed E-state index contributed by atoms with van der Waals surface area (Å²) < 4.78 is 9.40. The first-order valence-corrected chi connectivity index (χ1v) is 19.6. The smallest absolute Gasteiger partial charge is 0.407 e. The van der Waals surface area contributed by atoms with Crippen LogP contribution in [0.4, 0.5) is 4.79 Å². The van der Waals surface area contributed by atoms with E-state index in [0.717, 1.165) is 50.4 Å². The van der Waals surface area contributed by atoms with Crippen molar-refractivity contribution < 1.29 is 23.9 Å². The molecule has 12 nitrogen and oxygen atoms in total. The number of fused-ring (bicyclic) bond motifs is 3. The highest BCUT2D eigenvalue weighted by molar-refractivity contribution is 5.77. The zero-order chi connectivity index (χ0) is 38.9. The number of nitrogens with zero attached hydrogens (tertiary/aromatic N) is 4. The number of ether oxygens (including phenoxy) is 2. The number of hydrogen-bond donors (Lipinski definition) is 3. The first-order valence-electron chi connectivity index (χ1n) is 19.6. The quantitative estimate of drug-likeness (QED) is 0.147. The van der Waals surface area contributed by atoms with Gasteiger partial charge in [-0.2, -0.15) is 0 Å². The first kappa shape index (κ1) is 40.7. The molecular weight excluding hydrogens is 683 g/mol. The number of carbonyl (C=O) groups is 3. The second kappa shape index (κ2) is 18.3. The van der Waals surface area contributed by atoms with Crippen LogP contribution in [0.1, 0.15) is 116 Å². The lowest BCUT2D eigenvalue weighted by molar-refractivity contribution is -0.130. The molecule has 3 N–H and O–H groups in total. The Morgan fingerprint density at radius 3 is 2.26 bits per heavy atom. The second-order valence-corrected chi connectivity index (χ2v) is 16.1. The normalized spacial score (nSPS) is 24.1. The van der Waals surface area contributed by atoms with Crippen molar-refractivity contribution in [2.45, 2.75) is 121 Å². The van der Waals surface area contributed by atoms with Crippen molar-refractivity contribution in [1.29, 1.82) is 0 Å². The summed E-state index contributed by atoms with van der Waals surface area (Å²) in [5.41, 5.74) is 6.91. The summed E-state index contributed by atoms with van der Waals surface area (Å²) in [6.07, 6.45) is 18.4. The Morgan fingerprint density at radius 1 is 1.02 bits per heavy atom. The molecule has 3 atom stereocenters. The van der Waals surface area contributed by atoms with Crippen molar-refractivity contribution in [3.63, 3.8) is 0 Å². The van der Waals surface area contributed by atoms with Crippen LogP contribution in [0.3, 0.4) is 0 Å². The summed E-state index contributed by atoms with van der Waals surface area (Å²) in [6.45, 7) is 12.5. The predicted molar refractivity (Wildman–Crippen MR) is 210 cm³/mol. The number of imidazole rings is 2. The van der Waals surface area contributed by atoms with Crippen molar-refractivity contribution >= 4 is 18.4 Å². The molecule has 0 spiro atoms. The predicted octanol–water partition coefficient (Wildman–Crippen LogP) is 7.22. The Morgan fingerprint density at radius 2 is 1.70 bits per heavy atom. The Kier molecular flexibility index (Phi) is 13.8. The van der Waals surface area contributed by atoms with Crippen molar-refractivity contribution in [2.24, 2.45) is 5.92 Å². The van der Waals surface area contributed by atoms with Gasteiger partial charge in [0.05, 0.1) is 43.5 Å². The fraction of sp³-hybridized carbons (Fsp3) is 0.595. The summed E-state index contributed by atoms with van der Waals surface area (Å²) in [6, 6.07) is 9.22. The number of aromatic amines is 2. The molecule has 3 aliphatic carbocycles. The van der Waals surface area contributed by atoms with E-state index in [9.17, 15) is 14.4 Å². The second-order valence-electron chi connectivity index (χ2n) is 16.1. The number of amides is 3. The Bertz CT molecular complexity index is 1670. The maximum atomic E-state index is 11.5. The zero-order valence-electron chi connectivity index (χ0n) is 33.3. The van der Waals surface area contributed by atoms with E-state index in [1.54, 1.807) is 13.4 Å². The standard InChI is InChI=1S/C25H29N5O.C10H17NO.C7H15NO3/c31-17-30-13-1-2-21(30)23-27-15-22(29-23)25-10-7-24(8-11-25,9-12-25)19-5-3-18(4-6-19)20-14-26-16-28-20;1-8(2)6-10(12)11-5-4-9(3)7-11;1-5(6(2)10-3)8-7(9)11-4/h3-6,14-17,21H,1-2,7-13H2,(H,26,28)(H,27,29);4,8H,5-7H2,1-3H3;5-6H,1-4H3,(H,8,9). The van der Waals surface area contributed by atoms with Crippen molar-refractivity contribution in [3.05, 3.63) is 71.7 Å². The van der Waals surface area contributed by atoms with Gasteiger partial charge in [-0.1, -0.05) is 49.8 Å². The molecule has 3 saturated carbocycles. The van der Waals surface area contributed by atoms with E-state index in [4.69, 9.17) is 9.72 Å². The van der Waals surface area contributed by atoms with E-state index < -0.39 is 6.09 Å². The molecule has 3 amide bonds. The molecule has 54 heavy (non-hydrogen) atoms. The van der Waals surface area contributed by atoms with Gasteiger partial charge in [0.15, 0.2) is 0 Å². The monoisotopic (exact) mass is 743 g/mol. The molecule has 2 aliphatic heterocycles. The van der Waals surface area contributed by atoms with Gasteiger partial charge in [-0.05, 0) is 94.6 Å². The van der Waals surface area contributed by atoms with Gasteiger partial charge in [-0.15, -0.1) is 0 Å². The van der Waals surface area contributed by atoms with E-state index in [-0.39, 0.29) is 29.5 Å². The van der Waals surface area contributed by atoms with Crippen LogP contribution in [0.15, 0.2) is 54.6 Å². The largest absolute Gasteiger partial charge is 0.453 e. The number of aromatic nitrogens is 4. The topological polar surface area (TPSA) is 146 Å². The lowest BCUT2D eigenvalue weighted by Crippen LogP contribution is -2.46. The average molecular weight is 744 g/mol. The maximum Gasteiger partial charge on any atom is 0.407 e. The number of methoxy groups -OCH3 is 2. The minimum absolute atomic E-state index is 0.00546. The van der Waals surface area contributed by atoms with Crippen LogP contribution < -0.4 is 5.32 Å². The number of carbonyl (C=O) groups excluding carboxylic acids is 3. The van der Waals surface area contributed by atoms with Crippen LogP contribution in [-0.2, 0) is 29.9 Å². The fourth-order valence-electron chi connectivity index (χ4n) is 8.35. The van der Waals surface area contributed by atoms with Crippen molar-refractivity contribution in [3.8, 4) is 11.3 Å². The minimum Gasteiger partial charge on any atom is -0.453 e. The van der Waals surface area contributed by atoms with E-state index >= 15 is 0 Å². The molecule has 1 saturated heterocycles. The number of rotatable bonds is 10. The number of H-pyrrole nitrogens is 2. The van der Waals surface area contributed by atoms with E-state index in [2.05, 4.69) is 82.3 Å². The molecule has 294 valence electrons. The molecule has 2 bridgehead atoms. The molecule has 8 rings (SSSR count). The third-order valence-corrected chi connectivity index (χ3v) is 12.1. The summed E-state index contributed by atoms with van der Waals surface area (Å²) in [4.78, 5) is 53.0. The van der Waals surface area contributed by atoms with Crippen molar-refractivity contribution in [2.75, 3.05) is 33.9 Å². The maximum absolute atomic E-state index is 11.5. The first-order chi connectivity index (χ1) is 25.9. The summed E-state index contributed by atoms with van der Waals surface area (Å²) in [5.74, 6) is 1.74. The highest BCUT2D eigenvalue weighted by Crippen LogP contribution is 2.58. The van der Waals surface area contributed by atoms with Gasteiger partial charge in [-0.25, -0.2) is 14.8 Å². The van der Waals surface area contributed by atoms with Crippen LogP contribution in [0, 0.1) is 5.92 Å². The van der Waals surface area contributed by atoms with Crippen LogP contribution >= 0.6 is 0 Å². The number of hydrogen-bond acceptors (Lipinski definition) is 7. The number of nitrogens with one attached hydrogen (secondary N) is 3. The Hall–Kier alpha value is -4.45. The molecular formula is C42H61N7O5. The molecule has 3 unspecified atom stereocenters. The van der Waals surface area contributed by atoms with Gasteiger partial charge in [0, 0.05) is 50.5 Å². The molecule has 4 fully saturated rings. The highest BCUT2D eigenvalue weighted by atomic mass is 16.5. The Labute approximate surface area is 320 Å². The zero-order valence-corrected chi connectivity index (χ0v) is 33.3. The van der Waals surface area contributed by atoms with Crippen LogP contribution in [0.2, 0.25) is 0 Å². The summed E-state index contributed by atoms with van der Waals surface area (Å²) in [5, 5.41) is 2.59. The fourth-order valence-corrected chi connectivity index (χ4v) is 8.35. The molecule has 1 aromatic carbocycles. The lowest BCUT2D eigenvalue weighted by atomic mass is 9.51. The van der Waals surface area contributed by atoms with Gasteiger partial charge < -0.3 is 34.6 Å². The Balaban J connectivity index is 0.000000201. The van der Waals surface area contributed by atoms with Gasteiger partial charge in [0.2, 0.25) is 12.3 Å². The molecule has 12 heteroatoms. The van der Waals surface area contributed by atoms with Crippen LogP contribution in [-0.4, -0.2) is 94.1 Å². The number of alkyl carbamates (subject to hydrolysis) is 1. The third kappa shape index (κ3) is 9.61. The van der Waals surface area contributed by atoms with Gasteiger partial charge >= 0.3 is 6.09 Å². The number of likely N-dealkylation sites (tertiary alicyclic amines) is 1. The summed E-state index contributed by atoms with van der Waals surface area (Å²) >= 11 is 0. The third-order valence-electron chi connectivity index (χ3n) is 12.1. The molecule has 3 aromatic rings. The average Bonchev–Trinajstić information content (AvgIpc) is 4.03. The number of benzene rings is 1. The highest BCUT2D eigenvalue weighted by Gasteiger charge is 2.51. The van der Waals surface area contributed by atoms with Gasteiger partial charge in [0.25, 0.3) is 0 Å². The van der Waals surface area contributed by atoms with E-state index in [0.29, 0.717) is 17.8 Å². The van der Waals surface area contributed by atoms with Gasteiger partial charge in [0.1, 0.15) is 5.82 Å². The molecule has 2 aromatic heterocycles. The minimum atomic E-state index is -0.429. The van der Waals surface area contributed by atoms with Crippen LogP contribution in [0.5, 0.6) is 0 Å². The van der Waals surface area contributed by atoms with Gasteiger partial charge in [-0.3, -0.25) is 9.59 Å². The SMILES string of the molecule is CC1=CCN(C(=O)CC(C)C)C1.COC(=O)NC(C)C(C)OC.O=CN1CCCC1c1ncc(C23CCC(c4ccc(-c5cnc[nH]5)cc4)(CC2)CC3)[nH]1.